The Kier molecular flexibility index (Phi) is 7.80. The first-order valence-electron chi connectivity index (χ1n) is 8.17. The molecule has 0 aliphatic carbocycles. The van der Waals surface area contributed by atoms with Gasteiger partial charge in [0.1, 0.15) is 5.82 Å². The van der Waals surface area contributed by atoms with Crippen molar-refractivity contribution in [1.29, 1.82) is 0 Å². The van der Waals surface area contributed by atoms with Crippen molar-refractivity contribution in [2.24, 2.45) is 5.92 Å². The van der Waals surface area contributed by atoms with E-state index in [-0.39, 0.29) is 11.8 Å². The molecule has 118 valence electrons. The molecule has 1 rings (SSSR count). The first-order valence-corrected chi connectivity index (χ1v) is 8.17. The molecule has 0 saturated carbocycles. The second kappa shape index (κ2) is 9.37. The number of carbonyl (C=O) groups excluding carboxylic acids is 1. The molecule has 4 heteroatoms. The Balaban J connectivity index is 2.70. The molecule has 1 aromatic rings. The van der Waals surface area contributed by atoms with Crippen LogP contribution in [0, 0.1) is 5.92 Å². The zero-order valence-corrected chi connectivity index (χ0v) is 13.9. The van der Waals surface area contributed by atoms with Gasteiger partial charge in [0.2, 0.25) is 5.91 Å². The summed E-state index contributed by atoms with van der Waals surface area (Å²) in [4.78, 5) is 18.8. The predicted molar refractivity (Wildman–Crippen MR) is 89.7 cm³/mol. The van der Waals surface area contributed by atoms with Gasteiger partial charge in [-0.05, 0) is 37.8 Å². The van der Waals surface area contributed by atoms with Crippen LogP contribution in [0.4, 0.5) is 11.5 Å². The van der Waals surface area contributed by atoms with Crippen molar-refractivity contribution in [3.05, 3.63) is 18.3 Å². The summed E-state index contributed by atoms with van der Waals surface area (Å²) in [5, 5.41) is 2.95. The van der Waals surface area contributed by atoms with Crippen molar-refractivity contribution < 1.29 is 4.79 Å². The minimum atomic E-state index is 0.0846. The standard InChI is InChI=1S/C17H29N3O/c1-5-11-20(12-6-2)16-10-9-15(13-18-16)19-17(21)14(7-3)8-4/h9-10,13-14H,5-8,11-12H2,1-4H3,(H,19,21). The fourth-order valence-electron chi connectivity index (χ4n) is 2.43. The molecular formula is C17H29N3O. The van der Waals surface area contributed by atoms with Crippen LogP contribution in [0.15, 0.2) is 18.3 Å². The van der Waals surface area contributed by atoms with Gasteiger partial charge >= 0.3 is 0 Å². The molecule has 0 saturated heterocycles. The highest BCUT2D eigenvalue weighted by atomic mass is 16.1. The van der Waals surface area contributed by atoms with Gasteiger partial charge in [0.05, 0.1) is 11.9 Å². The normalized spacial score (nSPS) is 10.7. The molecule has 0 unspecified atom stereocenters. The minimum absolute atomic E-state index is 0.0846. The van der Waals surface area contributed by atoms with Gasteiger partial charge in [-0.3, -0.25) is 4.79 Å². The SMILES string of the molecule is CCCN(CCC)c1ccc(NC(=O)C(CC)CC)cn1. The molecule has 1 heterocycles. The third kappa shape index (κ3) is 5.37. The average molecular weight is 291 g/mol. The summed E-state index contributed by atoms with van der Waals surface area (Å²) < 4.78 is 0. The van der Waals surface area contributed by atoms with Crippen molar-refractivity contribution >= 4 is 17.4 Å². The van der Waals surface area contributed by atoms with E-state index in [1.807, 2.05) is 26.0 Å². The first kappa shape index (κ1) is 17.5. The Morgan fingerprint density at radius 2 is 1.76 bits per heavy atom. The highest BCUT2D eigenvalue weighted by molar-refractivity contribution is 5.92. The number of anilines is 2. The Morgan fingerprint density at radius 1 is 1.14 bits per heavy atom. The summed E-state index contributed by atoms with van der Waals surface area (Å²) in [5.41, 5.74) is 0.781. The first-order chi connectivity index (χ1) is 10.2. The zero-order valence-electron chi connectivity index (χ0n) is 13.9. The number of aromatic nitrogens is 1. The smallest absolute Gasteiger partial charge is 0.227 e. The Hall–Kier alpha value is -1.58. The Bertz CT molecular complexity index is 407. The van der Waals surface area contributed by atoms with E-state index < -0.39 is 0 Å². The van der Waals surface area contributed by atoms with Crippen LogP contribution in [-0.4, -0.2) is 24.0 Å². The lowest BCUT2D eigenvalue weighted by molar-refractivity contribution is -0.120. The molecule has 0 aromatic carbocycles. The number of hydrogen-bond donors (Lipinski definition) is 1. The number of nitrogens with zero attached hydrogens (tertiary/aromatic N) is 2. The number of hydrogen-bond acceptors (Lipinski definition) is 3. The molecule has 0 atom stereocenters. The van der Waals surface area contributed by atoms with Gasteiger partial charge in [0, 0.05) is 19.0 Å². The molecule has 0 aliphatic heterocycles. The fourth-order valence-corrected chi connectivity index (χ4v) is 2.43. The molecule has 0 radical (unpaired) electrons. The summed E-state index contributed by atoms with van der Waals surface area (Å²) in [6.07, 6.45) is 5.71. The van der Waals surface area contributed by atoms with E-state index in [4.69, 9.17) is 0 Å². The molecule has 4 nitrogen and oxygen atoms in total. The maximum absolute atomic E-state index is 12.0. The zero-order chi connectivity index (χ0) is 15.7. The minimum Gasteiger partial charge on any atom is -0.357 e. The second-order valence-electron chi connectivity index (χ2n) is 5.39. The van der Waals surface area contributed by atoms with Gasteiger partial charge in [-0.1, -0.05) is 27.7 Å². The van der Waals surface area contributed by atoms with E-state index in [1.165, 1.54) is 0 Å². The van der Waals surface area contributed by atoms with E-state index in [2.05, 4.69) is 29.0 Å². The van der Waals surface area contributed by atoms with Gasteiger partial charge in [-0.2, -0.15) is 0 Å². The van der Waals surface area contributed by atoms with Gasteiger partial charge in [-0.25, -0.2) is 4.98 Å². The Morgan fingerprint density at radius 3 is 2.19 bits per heavy atom. The molecule has 0 bridgehead atoms. The van der Waals surface area contributed by atoms with Crippen LogP contribution in [0.3, 0.4) is 0 Å². The maximum atomic E-state index is 12.0. The maximum Gasteiger partial charge on any atom is 0.227 e. The molecule has 0 aliphatic rings. The molecule has 1 amide bonds. The summed E-state index contributed by atoms with van der Waals surface area (Å²) >= 11 is 0. The van der Waals surface area contributed by atoms with E-state index in [0.717, 1.165) is 50.3 Å². The van der Waals surface area contributed by atoms with Crippen molar-refractivity contribution in [3.8, 4) is 0 Å². The van der Waals surface area contributed by atoms with Gasteiger partial charge < -0.3 is 10.2 Å². The molecule has 0 fully saturated rings. The molecule has 21 heavy (non-hydrogen) atoms. The second-order valence-corrected chi connectivity index (χ2v) is 5.39. The van der Waals surface area contributed by atoms with Gasteiger partial charge in [-0.15, -0.1) is 0 Å². The number of amides is 1. The van der Waals surface area contributed by atoms with Gasteiger partial charge in [0.15, 0.2) is 0 Å². The number of carbonyl (C=O) groups is 1. The van der Waals surface area contributed by atoms with E-state index in [1.54, 1.807) is 6.20 Å². The quantitative estimate of drug-likeness (QED) is 0.745. The van der Waals surface area contributed by atoms with Crippen LogP contribution in [0.5, 0.6) is 0 Å². The Labute approximate surface area is 129 Å². The predicted octanol–water partition coefficient (Wildman–Crippen LogP) is 4.08. The van der Waals surface area contributed by atoms with Crippen LogP contribution in [0.25, 0.3) is 0 Å². The monoisotopic (exact) mass is 291 g/mol. The summed E-state index contributed by atoms with van der Waals surface area (Å²) in [6.45, 7) is 10.5. The number of nitrogens with one attached hydrogen (secondary N) is 1. The summed E-state index contributed by atoms with van der Waals surface area (Å²) in [7, 11) is 0. The number of rotatable bonds is 9. The van der Waals surface area contributed by atoms with Crippen LogP contribution in [0.1, 0.15) is 53.4 Å². The van der Waals surface area contributed by atoms with Crippen LogP contribution in [0.2, 0.25) is 0 Å². The van der Waals surface area contributed by atoms with Crippen molar-refractivity contribution in [3.63, 3.8) is 0 Å². The van der Waals surface area contributed by atoms with E-state index in [9.17, 15) is 4.79 Å². The lowest BCUT2D eigenvalue weighted by Crippen LogP contribution is -2.26. The van der Waals surface area contributed by atoms with Gasteiger partial charge in [0.25, 0.3) is 0 Å². The van der Waals surface area contributed by atoms with E-state index in [0.29, 0.717) is 0 Å². The van der Waals surface area contributed by atoms with Crippen LogP contribution in [-0.2, 0) is 4.79 Å². The summed E-state index contributed by atoms with van der Waals surface area (Å²) in [5.74, 6) is 1.16. The van der Waals surface area contributed by atoms with Crippen LogP contribution >= 0.6 is 0 Å². The molecule has 1 aromatic heterocycles. The molecule has 0 spiro atoms. The summed E-state index contributed by atoms with van der Waals surface area (Å²) in [6, 6.07) is 3.94. The molecule has 1 N–H and O–H groups in total. The topological polar surface area (TPSA) is 45.2 Å². The highest BCUT2D eigenvalue weighted by Crippen LogP contribution is 2.17. The molecular weight excluding hydrogens is 262 g/mol. The third-order valence-corrected chi connectivity index (χ3v) is 3.68. The third-order valence-electron chi connectivity index (χ3n) is 3.68. The highest BCUT2D eigenvalue weighted by Gasteiger charge is 2.14. The largest absolute Gasteiger partial charge is 0.357 e. The van der Waals surface area contributed by atoms with Crippen molar-refractivity contribution in [2.75, 3.05) is 23.3 Å². The lowest BCUT2D eigenvalue weighted by Gasteiger charge is -2.22. The van der Waals surface area contributed by atoms with Crippen LogP contribution < -0.4 is 10.2 Å². The van der Waals surface area contributed by atoms with E-state index >= 15 is 0 Å². The average Bonchev–Trinajstić information content (AvgIpc) is 2.49. The fraction of sp³-hybridized carbons (Fsp3) is 0.647. The van der Waals surface area contributed by atoms with Crippen molar-refractivity contribution in [2.45, 2.75) is 53.4 Å². The van der Waals surface area contributed by atoms with Crippen molar-refractivity contribution in [1.82, 2.24) is 4.98 Å². The lowest BCUT2D eigenvalue weighted by atomic mass is 10.0. The number of pyridine rings is 1.